The highest BCUT2D eigenvalue weighted by Gasteiger charge is 2.16. The van der Waals surface area contributed by atoms with Crippen molar-refractivity contribution in [1.82, 2.24) is 14.3 Å². The molecule has 0 saturated heterocycles. The van der Waals surface area contributed by atoms with Gasteiger partial charge in [0.15, 0.2) is 4.96 Å². The fourth-order valence-corrected chi connectivity index (χ4v) is 6.25. The van der Waals surface area contributed by atoms with Gasteiger partial charge in [0.05, 0.1) is 5.69 Å². The zero-order valence-electron chi connectivity index (χ0n) is 24.0. The van der Waals surface area contributed by atoms with E-state index in [0.29, 0.717) is 19.5 Å². The van der Waals surface area contributed by atoms with Crippen molar-refractivity contribution in [2.24, 2.45) is 0 Å². The van der Waals surface area contributed by atoms with Crippen LogP contribution < -0.4 is 0 Å². The lowest BCUT2D eigenvalue weighted by molar-refractivity contribution is -0.131. The van der Waals surface area contributed by atoms with Crippen LogP contribution in [0.2, 0.25) is 5.02 Å². The van der Waals surface area contributed by atoms with Gasteiger partial charge in [-0.3, -0.25) is 9.20 Å². The lowest BCUT2D eigenvalue weighted by Crippen LogP contribution is -2.32. The second-order valence-corrected chi connectivity index (χ2v) is 12.1. The first-order valence-corrected chi connectivity index (χ1v) is 16.4. The Bertz CT molecular complexity index is 1280. The van der Waals surface area contributed by atoms with E-state index in [1.54, 1.807) is 11.3 Å². The first kappa shape index (κ1) is 30.3. The van der Waals surface area contributed by atoms with Crippen molar-refractivity contribution in [3.05, 3.63) is 82.5 Å². The van der Waals surface area contributed by atoms with E-state index in [0.717, 1.165) is 40.5 Å². The Labute approximate surface area is 249 Å². The normalized spacial score (nSPS) is 11.3. The lowest BCUT2D eigenvalue weighted by atomic mass is 10.0. The molecule has 40 heavy (non-hydrogen) atoms. The maximum absolute atomic E-state index is 13.3. The summed E-state index contributed by atoms with van der Waals surface area (Å²) in [6.45, 7) is 3.63. The maximum Gasteiger partial charge on any atom is 0.222 e. The van der Waals surface area contributed by atoms with E-state index in [4.69, 9.17) is 16.6 Å². The number of carbonyl (C=O) groups excluding carboxylic acids is 1. The highest BCUT2D eigenvalue weighted by atomic mass is 35.5. The van der Waals surface area contributed by atoms with Gasteiger partial charge in [-0.2, -0.15) is 0 Å². The van der Waals surface area contributed by atoms with Gasteiger partial charge in [-0.25, -0.2) is 4.98 Å². The molecule has 0 spiro atoms. The third kappa shape index (κ3) is 9.49. The average Bonchev–Trinajstić information content (AvgIpc) is 3.56. The third-order valence-corrected chi connectivity index (χ3v) is 8.77. The molecule has 1 amide bonds. The van der Waals surface area contributed by atoms with E-state index in [1.807, 2.05) is 47.4 Å². The fourth-order valence-electron chi connectivity index (χ4n) is 5.21. The molecule has 0 fully saturated rings. The van der Waals surface area contributed by atoms with Gasteiger partial charge in [0, 0.05) is 53.8 Å². The monoisotopic (exact) mass is 577 g/mol. The zero-order valence-corrected chi connectivity index (χ0v) is 25.6. The van der Waals surface area contributed by atoms with Gasteiger partial charge in [0.25, 0.3) is 0 Å². The molecule has 2 heterocycles. The minimum Gasteiger partial charge on any atom is -0.338 e. The summed E-state index contributed by atoms with van der Waals surface area (Å²) in [4.78, 5) is 21.2. The van der Waals surface area contributed by atoms with Gasteiger partial charge in [-0.05, 0) is 24.1 Å². The minimum atomic E-state index is 0.263. The van der Waals surface area contributed by atoms with E-state index in [2.05, 4.69) is 35.0 Å². The molecular weight excluding hydrogens is 534 g/mol. The number of nitrogens with zero attached hydrogens (tertiary/aromatic N) is 3. The topological polar surface area (TPSA) is 37.6 Å². The lowest BCUT2D eigenvalue weighted by Gasteiger charge is -2.23. The summed E-state index contributed by atoms with van der Waals surface area (Å²) in [6.07, 6.45) is 17.7. The maximum atomic E-state index is 13.3. The van der Waals surface area contributed by atoms with Gasteiger partial charge in [0.1, 0.15) is 0 Å². The Morgan fingerprint density at radius 3 is 2.20 bits per heavy atom. The standard InChI is InChI=1S/C34H44ClN3OS/c1-2-3-4-5-6-7-8-9-10-11-15-18-33(39)37(25-28-16-13-12-14-17-28)24-23-31-27-40-34-36-32(26-38(31)34)29-19-21-30(35)22-20-29/h12-14,16-17,19-22,26-27H,2-11,15,18,23-25H2,1H3. The van der Waals surface area contributed by atoms with E-state index in [1.165, 1.54) is 69.0 Å². The second-order valence-electron chi connectivity index (χ2n) is 10.8. The molecule has 2 aromatic heterocycles. The van der Waals surface area contributed by atoms with Crippen LogP contribution >= 0.6 is 22.9 Å². The molecular formula is C34H44ClN3OS. The molecule has 0 unspecified atom stereocenters. The molecule has 4 nitrogen and oxygen atoms in total. The molecule has 2 aromatic carbocycles. The van der Waals surface area contributed by atoms with Crippen molar-refractivity contribution in [1.29, 1.82) is 0 Å². The van der Waals surface area contributed by atoms with Crippen molar-refractivity contribution in [3.8, 4) is 11.3 Å². The molecule has 4 rings (SSSR count). The highest BCUT2D eigenvalue weighted by Crippen LogP contribution is 2.25. The van der Waals surface area contributed by atoms with Crippen LogP contribution in [-0.2, 0) is 17.8 Å². The number of hydrogen-bond acceptors (Lipinski definition) is 3. The number of fused-ring (bicyclic) bond motifs is 1. The van der Waals surface area contributed by atoms with Crippen LogP contribution in [0.5, 0.6) is 0 Å². The minimum absolute atomic E-state index is 0.263. The smallest absolute Gasteiger partial charge is 0.222 e. The van der Waals surface area contributed by atoms with Crippen LogP contribution in [-0.4, -0.2) is 26.7 Å². The van der Waals surface area contributed by atoms with Crippen LogP contribution in [0, 0.1) is 0 Å². The first-order chi connectivity index (χ1) is 19.6. The summed E-state index contributed by atoms with van der Waals surface area (Å²) in [5, 5.41) is 2.89. The average molecular weight is 578 g/mol. The van der Waals surface area contributed by atoms with E-state index in [9.17, 15) is 4.79 Å². The number of unbranched alkanes of at least 4 members (excludes halogenated alkanes) is 10. The predicted molar refractivity (Wildman–Crippen MR) is 170 cm³/mol. The van der Waals surface area contributed by atoms with Crippen molar-refractivity contribution < 1.29 is 4.79 Å². The molecule has 0 aliphatic heterocycles. The Morgan fingerprint density at radius 2 is 1.52 bits per heavy atom. The summed E-state index contributed by atoms with van der Waals surface area (Å²) >= 11 is 7.71. The number of thiazole rings is 1. The fraction of sp³-hybridized carbons (Fsp3) is 0.471. The molecule has 0 bridgehead atoms. The summed E-state index contributed by atoms with van der Waals surface area (Å²) in [5.74, 6) is 0.263. The number of aromatic nitrogens is 2. The number of rotatable bonds is 18. The molecule has 4 aromatic rings. The van der Waals surface area contributed by atoms with Crippen molar-refractivity contribution in [2.45, 2.75) is 96.9 Å². The van der Waals surface area contributed by atoms with Gasteiger partial charge < -0.3 is 4.90 Å². The zero-order chi connectivity index (χ0) is 28.0. The number of halogens is 1. The number of benzene rings is 2. The molecule has 0 radical (unpaired) electrons. The summed E-state index contributed by atoms with van der Waals surface area (Å²) in [5.41, 5.74) is 4.36. The predicted octanol–water partition coefficient (Wildman–Crippen LogP) is 9.99. The van der Waals surface area contributed by atoms with Crippen LogP contribution in [0.3, 0.4) is 0 Å². The molecule has 6 heteroatoms. The van der Waals surface area contributed by atoms with E-state index < -0.39 is 0 Å². The van der Waals surface area contributed by atoms with Crippen molar-refractivity contribution in [2.75, 3.05) is 6.54 Å². The van der Waals surface area contributed by atoms with Gasteiger partial charge in [-0.15, -0.1) is 11.3 Å². The number of amides is 1. The second kappa shape index (κ2) is 16.6. The van der Waals surface area contributed by atoms with Crippen molar-refractivity contribution >= 4 is 33.8 Å². The van der Waals surface area contributed by atoms with E-state index in [-0.39, 0.29) is 5.91 Å². The van der Waals surface area contributed by atoms with Crippen LogP contribution in [0.15, 0.2) is 66.2 Å². The quantitative estimate of drug-likeness (QED) is 0.110. The summed E-state index contributed by atoms with van der Waals surface area (Å²) < 4.78 is 2.17. The number of hydrogen-bond donors (Lipinski definition) is 0. The van der Waals surface area contributed by atoms with Gasteiger partial charge in [-0.1, -0.05) is 125 Å². The van der Waals surface area contributed by atoms with Crippen LogP contribution in [0.4, 0.5) is 0 Å². The largest absolute Gasteiger partial charge is 0.338 e. The molecule has 214 valence electrons. The molecule has 0 aliphatic carbocycles. The Hall–Kier alpha value is -2.63. The number of carbonyl (C=O) groups is 1. The summed E-state index contributed by atoms with van der Waals surface area (Å²) in [7, 11) is 0. The first-order valence-electron chi connectivity index (χ1n) is 15.2. The Morgan fingerprint density at radius 1 is 0.875 bits per heavy atom. The van der Waals surface area contributed by atoms with Crippen molar-refractivity contribution in [3.63, 3.8) is 0 Å². The Kier molecular flexibility index (Phi) is 12.6. The molecule has 0 aliphatic rings. The van der Waals surface area contributed by atoms with Gasteiger partial charge in [0.2, 0.25) is 5.91 Å². The highest BCUT2D eigenvalue weighted by molar-refractivity contribution is 7.15. The Balaban J connectivity index is 1.27. The molecule has 0 atom stereocenters. The molecule has 0 N–H and O–H groups in total. The SMILES string of the molecule is CCCCCCCCCCCCCC(=O)N(CCc1csc2nc(-c3ccc(Cl)cc3)cn12)Cc1ccccc1. The number of imidazole rings is 1. The van der Waals surface area contributed by atoms with E-state index >= 15 is 0 Å². The molecule has 0 saturated carbocycles. The summed E-state index contributed by atoms with van der Waals surface area (Å²) in [6, 6.07) is 18.1. The third-order valence-electron chi connectivity index (χ3n) is 7.62. The van der Waals surface area contributed by atoms with Gasteiger partial charge >= 0.3 is 0 Å². The van der Waals surface area contributed by atoms with Crippen LogP contribution in [0.25, 0.3) is 16.2 Å². The van der Waals surface area contributed by atoms with Crippen LogP contribution in [0.1, 0.15) is 95.2 Å².